The van der Waals surface area contributed by atoms with Gasteiger partial charge in [-0.15, -0.1) is 12.4 Å². The van der Waals surface area contributed by atoms with Crippen LogP contribution in [0.2, 0.25) is 5.02 Å². The number of aromatic hydroxyl groups is 1. The number of nitrogens with one attached hydrogen (secondary N) is 1. The molecule has 0 bridgehead atoms. The van der Waals surface area contributed by atoms with Gasteiger partial charge in [0.05, 0.1) is 5.02 Å². The van der Waals surface area contributed by atoms with E-state index in [-0.39, 0.29) is 19.0 Å². The number of benzene rings is 2. The van der Waals surface area contributed by atoms with E-state index >= 15 is 0 Å². The number of phenolic OH excluding ortho intramolecular Hbond substituents is 1. The number of hydrogen-bond donors (Lipinski definition) is 3. The summed E-state index contributed by atoms with van der Waals surface area (Å²) in [5.41, 5.74) is 2.48. The smallest absolute Gasteiger partial charge is 0.138 e. The second kappa shape index (κ2) is 9.30. The number of rotatable bonds is 6. The van der Waals surface area contributed by atoms with E-state index < -0.39 is 6.10 Å². The summed E-state index contributed by atoms with van der Waals surface area (Å²) < 4.78 is 5.56. The number of ether oxygens (including phenoxy) is 1. The number of halogens is 2. The molecule has 0 heterocycles. The average Bonchev–Trinajstić information content (AvgIpc) is 2.59. The van der Waals surface area contributed by atoms with Crippen LogP contribution in [-0.4, -0.2) is 35.5 Å². The van der Waals surface area contributed by atoms with E-state index in [2.05, 4.69) is 5.32 Å². The summed E-state index contributed by atoms with van der Waals surface area (Å²) in [5, 5.41) is 23.6. The Morgan fingerprint density at radius 2 is 2.00 bits per heavy atom. The van der Waals surface area contributed by atoms with E-state index in [1.807, 2.05) is 24.3 Å². The first-order chi connectivity index (χ1) is 11.6. The standard InChI is InChI=1S/C19H22ClNO3.ClH/c20-18-3-1-2-4-19(18)24-12-17(23)11-21-15-7-5-13-6-8-16(22)10-14(13)9-15;/h1-4,6,8,10,15,17,21-23H,5,7,9,11-12H2;1H. The van der Waals surface area contributed by atoms with Gasteiger partial charge in [-0.05, 0) is 54.7 Å². The quantitative estimate of drug-likeness (QED) is 0.715. The normalized spacial score (nSPS) is 17.3. The molecule has 6 heteroatoms. The minimum Gasteiger partial charge on any atom is -0.508 e. The second-order valence-electron chi connectivity index (χ2n) is 6.20. The van der Waals surface area contributed by atoms with E-state index in [1.54, 1.807) is 18.2 Å². The molecule has 1 aliphatic rings. The van der Waals surface area contributed by atoms with Crippen LogP contribution in [0, 0.1) is 0 Å². The lowest BCUT2D eigenvalue weighted by Gasteiger charge is -2.26. The van der Waals surface area contributed by atoms with Crippen molar-refractivity contribution in [1.82, 2.24) is 5.32 Å². The SMILES string of the molecule is Cl.Oc1ccc2c(c1)CC(NCC(O)COc1ccccc1Cl)CC2. The largest absolute Gasteiger partial charge is 0.508 e. The highest BCUT2D eigenvalue weighted by molar-refractivity contribution is 6.32. The van der Waals surface area contributed by atoms with Crippen molar-refractivity contribution < 1.29 is 14.9 Å². The number of aryl methyl sites for hydroxylation is 1. The van der Waals surface area contributed by atoms with Gasteiger partial charge < -0.3 is 20.3 Å². The Hall–Kier alpha value is -1.46. The Morgan fingerprint density at radius 3 is 2.80 bits per heavy atom. The predicted octanol–water partition coefficient (Wildman–Crippen LogP) is 3.35. The minimum absolute atomic E-state index is 0. The molecule has 3 N–H and O–H groups in total. The highest BCUT2D eigenvalue weighted by atomic mass is 35.5. The summed E-state index contributed by atoms with van der Waals surface area (Å²) in [6, 6.07) is 13.1. The van der Waals surface area contributed by atoms with Gasteiger partial charge in [0.2, 0.25) is 0 Å². The van der Waals surface area contributed by atoms with Gasteiger partial charge >= 0.3 is 0 Å². The maximum absolute atomic E-state index is 10.1. The van der Waals surface area contributed by atoms with Gasteiger partial charge in [-0.25, -0.2) is 0 Å². The van der Waals surface area contributed by atoms with E-state index in [4.69, 9.17) is 16.3 Å². The molecule has 0 spiro atoms. The molecular formula is C19H23Cl2NO3. The van der Waals surface area contributed by atoms with Gasteiger partial charge in [0.1, 0.15) is 24.2 Å². The number of hydrogen-bond acceptors (Lipinski definition) is 4. The molecule has 2 aromatic carbocycles. The summed E-state index contributed by atoms with van der Waals surface area (Å²) in [5.74, 6) is 0.892. The molecule has 0 radical (unpaired) electrons. The third-order valence-corrected chi connectivity index (χ3v) is 4.64. The molecule has 2 aromatic rings. The summed E-state index contributed by atoms with van der Waals surface area (Å²) in [6.45, 7) is 0.657. The van der Waals surface area contributed by atoms with Gasteiger partial charge in [-0.1, -0.05) is 29.8 Å². The van der Waals surface area contributed by atoms with Crippen molar-refractivity contribution in [2.24, 2.45) is 0 Å². The molecule has 0 fully saturated rings. The van der Waals surface area contributed by atoms with Crippen molar-refractivity contribution >= 4 is 24.0 Å². The zero-order valence-electron chi connectivity index (χ0n) is 13.8. The molecule has 2 atom stereocenters. The van der Waals surface area contributed by atoms with Crippen LogP contribution in [0.4, 0.5) is 0 Å². The van der Waals surface area contributed by atoms with Crippen LogP contribution in [0.1, 0.15) is 17.5 Å². The molecule has 0 saturated carbocycles. The first kappa shape index (κ1) is 19.9. The Bertz CT molecular complexity index is 696. The van der Waals surface area contributed by atoms with Crippen LogP contribution >= 0.6 is 24.0 Å². The van der Waals surface area contributed by atoms with Crippen LogP contribution < -0.4 is 10.1 Å². The van der Waals surface area contributed by atoms with Crippen LogP contribution in [0.5, 0.6) is 11.5 Å². The zero-order valence-corrected chi connectivity index (χ0v) is 15.4. The van der Waals surface area contributed by atoms with E-state index in [1.165, 1.54) is 11.1 Å². The van der Waals surface area contributed by atoms with Gasteiger partial charge in [-0.3, -0.25) is 0 Å². The number of fused-ring (bicyclic) bond motifs is 1. The highest BCUT2D eigenvalue weighted by Gasteiger charge is 2.19. The van der Waals surface area contributed by atoms with Gasteiger partial charge in [0, 0.05) is 12.6 Å². The summed E-state index contributed by atoms with van der Waals surface area (Å²) in [4.78, 5) is 0. The van der Waals surface area contributed by atoms with Crippen LogP contribution in [0.15, 0.2) is 42.5 Å². The lowest BCUT2D eigenvalue weighted by atomic mass is 9.88. The van der Waals surface area contributed by atoms with Crippen molar-refractivity contribution in [3.05, 3.63) is 58.6 Å². The van der Waals surface area contributed by atoms with E-state index in [0.717, 1.165) is 19.3 Å². The fourth-order valence-electron chi connectivity index (χ4n) is 3.03. The third kappa shape index (κ3) is 5.51. The first-order valence-corrected chi connectivity index (χ1v) is 8.59. The van der Waals surface area contributed by atoms with Crippen LogP contribution in [-0.2, 0) is 12.8 Å². The fraction of sp³-hybridized carbons (Fsp3) is 0.368. The summed E-state index contributed by atoms with van der Waals surface area (Å²) in [6.07, 6.45) is 2.27. The average molecular weight is 384 g/mol. The molecule has 136 valence electrons. The first-order valence-electron chi connectivity index (χ1n) is 8.21. The number of para-hydroxylation sites is 1. The third-order valence-electron chi connectivity index (χ3n) is 4.33. The van der Waals surface area contributed by atoms with Gasteiger partial charge in [0.25, 0.3) is 0 Å². The highest BCUT2D eigenvalue weighted by Crippen LogP contribution is 2.25. The van der Waals surface area contributed by atoms with Crippen LogP contribution in [0.25, 0.3) is 0 Å². The molecule has 1 aliphatic carbocycles. The van der Waals surface area contributed by atoms with Gasteiger partial charge in [-0.2, -0.15) is 0 Å². The Labute approximate surface area is 159 Å². The zero-order chi connectivity index (χ0) is 16.9. The summed E-state index contributed by atoms with van der Waals surface area (Å²) in [7, 11) is 0. The molecule has 0 amide bonds. The molecule has 0 aliphatic heterocycles. The minimum atomic E-state index is -0.605. The monoisotopic (exact) mass is 383 g/mol. The topological polar surface area (TPSA) is 61.7 Å². The number of aliphatic hydroxyl groups excluding tert-OH is 1. The Balaban J connectivity index is 0.00000225. The van der Waals surface area contributed by atoms with E-state index in [9.17, 15) is 10.2 Å². The number of phenols is 1. The molecule has 0 saturated heterocycles. The van der Waals surface area contributed by atoms with Crippen LogP contribution in [0.3, 0.4) is 0 Å². The fourth-order valence-corrected chi connectivity index (χ4v) is 3.22. The molecule has 3 rings (SSSR count). The van der Waals surface area contributed by atoms with Crippen molar-refractivity contribution in [2.45, 2.75) is 31.4 Å². The van der Waals surface area contributed by atoms with Crippen molar-refractivity contribution in [3.8, 4) is 11.5 Å². The molecular weight excluding hydrogens is 361 g/mol. The maximum Gasteiger partial charge on any atom is 0.138 e. The Kier molecular flexibility index (Phi) is 7.38. The Morgan fingerprint density at radius 1 is 1.20 bits per heavy atom. The van der Waals surface area contributed by atoms with E-state index in [0.29, 0.717) is 29.1 Å². The lowest BCUT2D eigenvalue weighted by molar-refractivity contribution is 0.103. The molecule has 0 aromatic heterocycles. The van der Waals surface area contributed by atoms with Crippen molar-refractivity contribution in [1.29, 1.82) is 0 Å². The van der Waals surface area contributed by atoms with Crippen molar-refractivity contribution in [2.75, 3.05) is 13.2 Å². The molecule has 4 nitrogen and oxygen atoms in total. The predicted molar refractivity (Wildman–Crippen MR) is 102 cm³/mol. The van der Waals surface area contributed by atoms with Crippen molar-refractivity contribution in [3.63, 3.8) is 0 Å². The molecule has 2 unspecified atom stereocenters. The van der Waals surface area contributed by atoms with Gasteiger partial charge in [0.15, 0.2) is 0 Å². The molecule has 25 heavy (non-hydrogen) atoms. The summed E-state index contributed by atoms with van der Waals surface area (Å²) >= 11 is 6.02. The number of aliphatic hydroxyl groups is 1. The maximum atomic E-state index is 10.1. The lowest BCUT2D eigenvalue weighted by Crippen LogP contribution is -2.40. The second-order valence-corrected chi connectivity index (χ2v) is 6.60.